The number of ether oxygens (including phenoxy) is 2. The van der Waals surface area contributed by atoms with E-state index in [-0.39, 0.29) is 0 Å². The number of aryl methyl sites for hydroxylation is 1. The van der Waals surface area contributed by atoms with E-state index in [0.29, 0.717) is 6.10 Å². The van der Waals surface area contributed by atoms with Gasteiger partial charge in [0.1, 0.15) is 5.82 Å². The molecule has 0 radical (unpaired) electrons. The van der Waals surface area contributed by atoms with Crippen LogP contribution in [0.1, 0.15) is 5.69 Å². The second-order valence-corrected chi connectivity index (χ2v) is 5.50. The van der Waals surface area contributed by atoms with Gasteiger partial charge >= 0.3 is 0 Å². The summed E-state index contributed by atoms with van der Waals surface area (Å²) in [5.41, 5.74) is 1.02. The van der Waals surface area contributed by atoms with Crippen LogP contribution < -0.4 is 4.90 Å². The molecular formula is C12H17N3O2S. The topological polar surface area (TPSA) is 50.8 Å². The van der Waals surface area contributed by atoms with E-state index in [1.54, 1.807) is 11.8 Å². The van der Waals surface area contributed by atoms with Crippen molar-refractivity contribution >= 4 is 17.6 Å². The van der Waals surface area contributed by atoms with Crippen molar-refractivity contribution in [1.29, 1.82) is 0 Å². The Bertz CT molecular complexity index is 420. The van der Waals surface area contributed by atoms with Gasteiger partial charge in [-0.25, -0.2) is 9.97 Å². The smallest absolute Gasteiger partial charge is 0.189 e. The molecule has 0 aliphatic carbocycles. The normalized spacial score (nSPS) is 23.2. The van der Waals surface area contributed by atoms with Crippen LogP contribution in [0, 0.1) is 6.92 Å². The van der Waals surface area contributed by atoms with Crippen LogP contribution in [0.5, 0.6) is 0 Å². The molecule has 1 aromatic heterocycles. The summed E-state index contributed by atoms with van der Waals surface area (Å²) in [6, 6.07) is 2.04. The minimum absolute atomic E-state index is 0.408. The van der Waals surface area contributed by atoms with Gasteiger partial charge in [0.25, 0.3) is 0 Å². The standard InChI is InChI=1S/C12H17N3O2S/c1-9-6-11(15-2-4-16-5-3-15)14-12(13-9)18-8-10-7-17-10/h6,10H,2-5,7-8H2,1H3/t10-/m0/s1. The Morgan fingerprint density at radius 3 is 2.89 bits per heavy atom. The van der Waals surface area contributed by atoms with Crippen molar-refractivity contribution in [3.8, 4) is 0 Å². The van der Waals surface area contributed by atoms with Crippen LogP contribution in [-0.4, -0.2) is 54.7 Å². The van der Waals surface area contributed by atoms with Gasteiger partial charge in [-0.05, 0) is 6.92 Å². The van der Waals surface area contributed by atoms with E-state index in [2.05, 4.69) is 14.9 Å². The largest absolute Gasteiger partial charge is 0.378 e. The molecule has 3 heterocycles. The average Bonchev–Trinajstić information content (AvgIpc) is 3.21. The minimum atomic E-state index is 0.408. The molecule has 0 aromatic carbocycles. The summed E-state index contributed by atoms with van der Waals surface area (Å²) in [6.07, 6.45) is 0.408. The summed E-state index contributed by atoms with van der Waals surface area (Å²) in [6.45, 7) is 6.28. The lowest BCUT2D eigenvalue weighted by Gasteiger charge is -2.28. The Hall–Kier alpha value is -0.850. The van der Waals surface area contributed by atoms with Gasteiger partial charge in [0, 0.05) is 30.6 Å². The molecule has 5 nitrogen and oxygen atoms in total. The second kappa shape index (κ2) is 5.42. The molecule has 2 saturated heterocycles. The lowest BCUT2D eigenvalue weighted by atomic mass is 10.3. The highest BCUT2D eigenvalue weighted by Gasteiger charge is 2.23. The third-order valence-corrected chi connectivity index (χ3v) is 3.94. The van der Waals surface area contributed by atoms with Crippen LogP contribution in [0.3, 0.4) is 0 Å². The van der Waals surface area contributed by atoms with E-state index in [9.17, 15) is 0 Å². The van der Waals surface area contributed by atoms with E-state index >= 15 is 0 Å². The maximum atomic E-state index is 5.36. The first-order valence-corrected chi connectivity index (χ1v) is 7.22. The Balaban J connectivity index is 1.71. The van der Waals surface area contributed by atoms with Crippen LogP contribution in [0.25, 0.3) is 0 Å². The van der Waals surface area contributed by atoms with E-state index in [0.717, 1.165) is 55.3 Å². The zero-order valence-electron chi connectivity index (χ0n) is 10.5. The Labute approximate surface area is 111 Å². The molecule has 3 rings (SSSR count). The molecule has 2 fully saturated rings. The third-order valence-electron chi connectivity index (χ3n) is 2.96. The number of aromatic nitrogens is 2. The van der Waals surface area contributed by atoms with Crippen LogP contribution in [0.2, 0.25) is 0 Å². The van der Waals surface area contributed by atoms with Crippen molar-refractivity contribution < 1.29 is 9.47 Å². The maximum absolute atomic E-state index is 5.36. The predicted octanol–water partition coefficient (Wildman–Crippen LogP) is 1.11. The van der Waals surface area contributed by atoms with Gasteiger partial charge in [-0.1, -0.05) is 11.8 Å². The molecule has 0 N–H and O–H groups in total. The summed E-state index contributed by atoms with van der Waals surface area (Å²) in [4.78, 5) is 11.4. The van der Waals surface area contributed by atoms with E-state index in [4.69, 9.17) is 9.47 Å². The fourth-order valence-corrected chi connectivity index (χ4v) is 2.77. The number of hydrogen-bond acceptors (Lipinski definition) is 6. The first-order valence-electron chi connectivity index (χ1n) is 6.24. The highest BCUT2D eigenvalue weighted by atomic mass is 32.2. The number of hydrogen-bond donors (Lipinski definition) is 0. The van der Waals surface area contributed by atoms with Gasteiger partial charge in [0.15, 0.2) is 5.16 Å². The lowest BCUT2D eigenvalue weighted by molar-refractivity contribution is 0.122. The van der Waals surface area contributed by atoms with Crippen LogP contribution in [0.4, 0.5) is 5.82 Å². The van der Waals surface area contributed by atoms with E-state index in [1.807, 2.05) is 13.0 Å². The molecule has 0 bridgehead atoms. The zero-order chi connectivity index (χ0) is 12.4. The van der Waals surface area contributed by atoms with Gasteiger partial charge < -0.3 is 14.4 Å². The molecule has 1 aromatic rings. The molecule has 0 spiro atoms. The minimum Gasteiger partial charge on any atom is -0.378 e. The number of nitrogens with zero attached hydrogens (tertiary/aromatic N) is 3. The maximum Gasteiger partial charge on any atom is 0.189 e. The van der Waals surface area contributed by atoms with Crippen molar-refractivity contribution in [2.24, 2.45) is 0 Å². The third kappa shape index (κ3) is 3.13. The fraction of sp³-hybridized carbons (Fsp3) is 0.667. The Kier molecular flexibility index (Phi) is 3.67. The first-order chi connectivity index (χ1) is 8.81. The molecule has 0 amide bonds. The fourth-order valence-electron chi connectivity index (χ4n) is 1.88. The molecular weight excluding hydrogens is 250 g/mol. The Morgan fingerprint density at radius 1 is 1.39 bits per heavy atom. The first kappa shape index (κ1) is 12.2. The number of anilines is 1. The summed E-state index contributed by atoms with van der Waals surface area (Å²) < 4.78 is 10.6. The molecule has 98 valence electrons. The number of morpholine rings is 1. The number of epoxide rings is 1. The van der Waals surface area contributed by atoms with Gasteiger partial charge in [-0.3, -0.25) is 0 Å². The summed E-state index contributed by atoms with van der Waals surface area (Å²) in [5.74, 6) is 1.97. The number of rotatable bonds is 4. The van der Waals surface area contributed by atoms with Gasteiger partial charge in [-0.2, -0.15) is 0 Å². The predicted molar refractivity (Wildman–Crippen MR) is 70.3 cm³/mol. The van der Waals surface area contributed by atoms with E-state index < -0.39 is 0 Å². The van der Waals surface area contributed by atoms with Crippen molar-refractivity contribution in [1.82, 2.24) is 9.97 Å². The van der Waals surface area contributed by atoms with Gasteiger partial charge in [0.2, 0.25) is 0 Å². The van der Waals surface area contributed by atoms with Crippen molar-refractivity contribution in [2.45, 2.75) is 18.2 Å². The monoisotopic (exact) mass is 267 g/mol. The number of thioether (sulfide) groups is 1. The van der Waals surface area contributed by atoms with Crippen molar-refractivity contribution in [3.63, 3.8) is 0 Å². The summed E-state index contributed by atoms with van der Waals surface area (Å²) >= 11 is 1.68. The van der Waals surface area contributed by atoms with Crippen LogP contribution in [0.15, 0.2) is 11.2 Å². The highest BCUT2D eigenvalue weighted by molar-refractivity contribution is 7.99. The molecule has 6 heteroatoms. The van der Waals surface area contributed by atoms with Crippen LogP contribution in [-0.2, 0) is 9.47 Å². The summed E-state index contributed by atoms with van der Waals surface area (Å²) in [7, 11) is 0. The molecule has 2 aliphatic heterocycles. The van der Waals surface area contributed by atoms with Crippen molar-refractivity contribution in [2.75, 3.05) is 43.6 Å². The molecule has 18 heavy (non-hydrogen) atoms. The quantitative estimate of drug-likeness (QED) is 0.463. The second-order valence-electron chi connectivity index (χ2n) is 4.52. The average molecular weight is 267 g/mol. The molecule has 2 aliphatic rings. The Morgan fingerprint density at radius 2 is 2.17 bits per heavy atom. The molecule has 0 unspecified atom stereocenters. The zero-order valence-corrected chi connectivity index (χ0v) is 11.3. The highest BCUT2D eigenvalue weighted by Crippen LogP contribution is 2.24. The van der Waals surface area contributed by atoms with Gasteiger partial charge in [0.05, 0.1) is 25.9 Å². The summed E-state index contributed by atoms with van der Waals surface area (Å²) in [5, 5.41) is 0.854. The van der Waals surface area contributed by atoms with E-state index in [1.165, 1.54) is 0 Å². The molecule has 0 saturated carbocycles. The SMILES string of the molecule is Cc1cc(N2CCOCC2)nc(SC[C@@H]2CO2)n1. The molecule has 1 atom stereocenters. The van der Waals surface area contributed by atoms with Crippen molar-refractivity contribution in [3.05, 3.63) is 11.8 Å². The lowest BCUT2D eigenvalue weighted by Crippen LogP contribution is -2.36. The van der Waals surface area contributed by atoms with Gasteiger partial charge in [-0.15, -0.1) is 0 Å². The van der Waals surface area contributed by atoms with Crippen LogP contribution >= 0.6 is 11.8 Å².